The molecule has 4 heteroatoms. The summed E-state index contributed by atoms with van der Waals surface area (Å²) in [5.41, 5.74) is 1.30. The number of likely N-dealkylation sites (N-methyl/N-ethyl adjacent to an activating group) is 1. The lowest BCUT2D eigenvalue weighted by Gasteiger charge is -2.24. The van der Waals surface area contributed by atoms with Crippen molar-refractivity contribution in [2.75, 3.05) is 39.9 Å². The summed E-state index contributed by atoms with van der Waals surface area (Å²) < 4.78 is 5.15. The van der Waals surface area contributed by atoms with E-state index in [1.165, 1.54) is 5.56 Å². The van der Waals surface area contributed by atoms with Crippen LogP contribution in [0, 0.1) is 0 Å². The fourth-order valence-electron chi connectivity index (χ4n) is 2.29. The summed E-state index contributed by atoms with van der Waals surface area (Å²) >= 11 is 5.96. The van der Waals surface area contributed by atoms with Crippen molar-refractivity contribution in [2.45, 2.75) is 26.3 Å². The molecule has 114 valence electrons. The van der Waals surface area contributed by atoms with Crippen LogP contribution < -0.4 is 5.32 Å². The summed E-state index contributed by atoms with van der Waals surface area (Å²) in [5, 5.41) is 4.34. The summed E-state index contributed by atoms with van der Waals surface area (Å²) in [6, 6.07) is 8.53. The molecule has 0 aliphatic carbocycles. The molecule has 1 atom stereocenters. The van der Waals surface area contributed by atoms with Crippen molar-refractivity contribution in [3.63, 3.8) is 0 Å². The SMILES string of the molecule is CCNC(CCN(CC)CCOC)c1ccc(Cl)cc1. The lowest BCUT2D eigenvalue weighted by Crippen LogP contribution is -2.31. The van der Waals surface area contributed by atoms with Crippen molar-refractivity contribution in [2.24, 2.45) is 0 Å². The Hall–Kier alpha value is -0.610. The molecule has 0 saturated carbocycles. The highest BCUT2D eigenvalue weighted by Crippen LogP contribution is 2.19. The number of nitrogens with one attached hydrogen (secondary N) is 1. The third-order valence-corrected chi connectivity index (χ3v) is 3.77. The van der Waals surface area contributed by atoms with Crippen molar-refractivity contribution in [3.8, 4) is 0 Å². The molecule has 0 heterocycles. The van der Waals surface area contributed by atoms with Gasteiger partial charge < -0.3 is 15.0 Å². The Morgan fingerprint density at radius 1 is 1.20 bits per heavy atom. The maximum absolute atomic E-state index is 5.96. The van der Waals surface area contributed by atoms with Gasteiger partial charge in [-0.15, -0.1) is 0 Å². The van der Waals surface area contributed by atoms with Crippen LogP contribution in [0.4, 0.5) is 0 Å². The average molecular weight is 299 g/mol. The molecule has 0 fully saturated rings. The van der Waals surface area contributed by atoms with Gasteiger partial charge in [0.1, 0.15) is 0 Å². The van der Waals surface area contributed by atoms with Crippen molar-refractivity contribution >= 4 is 11.6 Å². The Labute approximate surface area is 128 Å². The molecule has 0 aromatic heterocycles. The molecule has 0 radical (unpaired) electrons. The van der Waals surface area contributed by atoms with Crippen LogP contribution in [0.1, 0.15) is 31.9 Å². The first-order valence-corrected chi connectivity index (χ1v) is 7.79. The average Bonchev–Trinajstić information content (AvgIpc) is 2.47. The molecular weight excluding hydrogens is 272 g/mol. The van der Waals surface area contributed by atoms with Gasteiger partial charge in [0.15, 0.2) is 0 Å². The van der Waals surface area contributed by atoms with Crippen LogP contribution in [0.3, 0.4) is 0 Å². The minimum absolute atomic E-state index is 0.383. The van der Waals surface area contributed by atoms with Gasteiger partial charge in [-0.05, 0) is 37.2 Å². The number of ether oxygens (including phenoxy) is 1. The molecule has 3 nitrogen and oxygen atoms in total. The lowest BCUT2D eigenvalue weighted by molar-refractivity contribution is 0.148. The molecule has 0 saturated heterocycles. The number of hydrogen-bond donors (Lipinski definition) is 1. The normalized spacial score (nSPS) is 12.8. The van der Waals surface area contributed by atoms with Crippen molar-refractivity contribution in [1.82, 2.24) is 10.2 Å². The fraction of sp³-hybridized carbons (Fsp3) is 0.625. The summed E-state index contributed by atoms with van der Waals surface area (Å²) in [4.78, 5) is 2.42. The predicted octanol–water partition coefficient (Wildman–Crippen LogP) is 3.35. The monoisotopic (exact) mass is 298 g/mol. The van der Waals surface area contributed by atoms with Crippen LogP contribution in [0.15, 0.2) is 24.3 Å². The van der Waals surface area contributed by atoms with Crippen LogP contribution in [0.25, 0.3) is 0 Å². The van der Waals surface area contributed by atoms with Crippen molar-refractivity contribution < 1.29 is 4.74 Å². The minimum atomic E-state index is 0.383. The van der Waals surface area contributed by atoms with Gasteiger partial charge in [-0.1, -0.05) is 37.6 Å². The highest BCUT2D eigenvalue weighted by Gasteiger charge is 2.12. The molecule has 1 rings (SSSR count). The third kappa shape index (κ3) is 6.23. The Bertz CT molecular complexity index is 356. The Balaban J connectivity index is 2.55. The van der Waals surface area contributed by atoms with Gasteiger partial charge in [0.05, 0.1) is 6.61 Å². The zero-order valence-electron chi connectivity index (χ0n) is 12.9. The number of benzene rings is 1. The van der Waals surface area contributed by atoms with Crippen LogP contribution in [-0.4, -0.2) is 44.8 Å². The van der Waals surface area contributed by atoms with Gasteiger partial charge in [-0.2, -0.15) is 0 Å². The van der Waals surface area contributed by atoms with E-state index in [1.54, 1.807) is 7.11 Å². The van der Waals surface area contributed by atoms with E-state index in [-0.39, 0.29) is 0 Å². The van der Waals surface area contributed by atoms with E-state index in [0.29, 0.717) is 6.04 Å². The molecule has 1 aromatic carbocycles. The zero-order valence-corrected chi connectivity index (χ0v) is 13.6. The van der Waals surface area contributed by atoms with Gasteiger partial charge in [0, 0.05) is 31.3 Å². The highest BCUT2D eigenvalue weighted by molar-refractivity contribution is 6.30. The van der Waals surface area contributed by atoms with Crippen LogP contribution in [0.5, 0.6) is 0 Å². The van der Waals surface area contributed by atoms with Crippen molar-refractivity contribution in [1.29, 1.82) is 0 Å². The van der Waals surface area contributed by atoms with Gasteiger partial charge in [-0.25, -0.2) is 0 Å². The molecule has 0 bridgehead atoms. The van der Waals surface area contributed by atoms with E-state index in [9.17, 15) is 0 Å². The second kappa shape index (κ2) is 10.2. The Kier molecular flexibility index (Phi) is 8.86. The highest BCUT2D eigenvalue weighted by atomic mass is 35.5. The van der Waals surface area contributed by atoms with E-state index in [0.717, 1.165) is 44.2 Å². The van der Waals surface area contributed by atoms with Crippen LogP contribution in [-0.2, 0) is 4.74 Å². The van der Waals surface area contributed by atoms with E-state index in [1.807, 2.05) is 12.1 Å². The topological polar surface area (TPSA) is 24.5 Å². The van der Waals surface area contributed by atoms with Gasteiger partial charge in [0.25, 0.3) is 0 Å². The molecule has 0 spiro atoms. The first-order chi connectivity index (χ1) is 9.71. The van der Waals surface area contributed by atoms with Gasteiger partial charge in [-0.3, -0.25) is 0 Å². The first-order valence-electron chi connectivity index (χ1n) is 7.41. The number of halogens is 1. The molecule has 0 aliphatic heterocycles. The summed E-state index contributed by atoms with van der Waals surface area (Å²) in [7, 11) is 1.75. The quantitative estimate of drug-likeness (QED) is 0.717. The van der Waals surface area contributed by atoms with Gasteiger partial charge >= 0.3 is 0 Å². The van der Waals surface area contributed by atoms with Crippen LogP contribution >= 0.6 is 11.6 Å². The number of hydrogen-bond acceptors (Lipinski definition) is 3. The summed E-state index contributed by atoms with van der Waals surface area (Å²) in [6.07, 6.45) is 1.09. The molecule has 20 heavy (non-hydrogen) atoms. The molecule has 0 amide bonds. The smallest absolute Gasteiger partial charge is 0.0589 e. The zero-order chi connectivity index (χ0) is 14.8. The Morgan fingerprint density at radius 3 is 2.45 bits per heavy atom. The number of nitrogens with zero attached hydrogens (tertiary/aromatic N) is 1. The molecule has 0 aliphatic rings. The Morgan fingerprint density at radius 2 is 1.90 bits per heavy atom. The standard InChI is InChI=1S/C16H27ClN2O/c1-4-18-16(14-6-8-15(17)9-7-14)10-11-19(5-2)12-13-20-3/h6-9,16,18H,4-5,10-13H2,1-3H3. The number of methoxy groups -OCH3 is 1. The van der Waals surface area contributed by atoms with Crippen LogP contribution in [0.2, 0.25) is 5.02 Å². The third-order valence-electron chi connectivity index (χ3n) is 3.52. The maximum Gasteiger partial charge on any atom is 0.0589 e. The minimum Gasteiger partial charge on any atom is -0.383 e. The number of rotatable bonds is 10. The van der Waals surface area contributed by atoms with E-state index >= 15 is 0 Å². The second-order valence-electron chi connectivity index (χ2n) is 4.88. The molecule has 1 aromatic rings. The van der Waals surface area contributed by atoms with E-state index in [4.69, 9.17) is 16.3 Å². The summed E-state index contributed by atoms with van der Waals surface area (Å²) in [6.45, 7) is 9.22. The van der Waals surface area contributed by atoms with Gasteiger partial charge in [0.2, 0.25) is 0 Å². The first kappa shape index (κ1) is 17.4. The summed E-state index contributed by atoms with van der Waals surface area (Å²) in [5.74, 6) is 0. The largest absolute Gasteiger partial charge is 0.383 e. The van der Waals surface area contributed by atoms with E-state index < -0.39 is 0 Å². The second-order valence-corrected chi connectivity index (χ2v) is 5.31. The molecule has 1 unspecified atom stereocenters. The predicted molar refractivity (Wildman–Crippen MR) is 86.5 cm³/mol. The molecular formula is C16H27ClN2O. The van der Waals surface area contributed by atoms with E-state index in [2.05, 4.69) is 36.2 Å². The van der Waals surface area contributed by atoms with Crippen molar-refractivity contribution in [3.05, 3.63) is 34.9 Å². The fourth-order valence-corrected chi connectivity index (χ4v) is 2.41. The lowest BCUT2D eigenvalue weighted by atomic mass is 10.0. The molecule has 1 N–H and O–H groups in total. The maximum atomic E-state index is 5.96.